The van der Waals surface area contributed by atoms with Crippen molar-refractivity contribution < 1.29 is 9.59 Å². The van der Waals surface area contributed by atoms with Crippen molar-refractivity contribution in [1.82, 2.24) is 15.1 Å². The minimum Gasteiger partial charge on any atom is -0.336 e. The van der Waals surface area contributed by atoms with Crippen LogP contribution in [0.5, 0.6) is 0 Å². The Morgan fingerprint density at radius 2 is 1.43 bits per heavy atom. The first-order valence-electron chi connectivity index (χ1n) is 12.1. The zero-order chi connectivity index (χ0) is 23.8. The number of nitrogens with zero attached hydrogens (tertiary/aromatic N) is 2. The molecule has 3 aromatic carbocycles. The van der Waals surface area contributed by atoms with E-state index >= 15 is 0 Å². The Hall–Kier alpha value is -3.48. The molecule has 1 aromatic heterocycles. The lowest BCUT2D eigenvalue weighted by Gasteiger charge is -2.41. The van der Waals surface area contributed by atoms with Gasteiger partial charge in [-0.05, 0) is 47.2 Å². The molecule has 2 saturated heterocycles. The summed E-state index contributed by atoms with van der Waals surface area (Å²) >= 11 is 1.57. The lowest BCUT2D eigenvalue weighted by atomic mass is 10.0. The number of fused-ring (bicyclic) bond motifs is 1. The number of benzene rings is 3. The lowest BCUT2D eigenvalue weighted by Crippen LogP contribution is -2.62. The van der Waals surface area contributed by atoms with Crippen LogP contribution in [0, 0.1) is 0 Å². The molecule has 2 fully saturated rings. The number of amides is 2. The van der Waals surface area contributed by atoms with Gasteiger partial charge in [-0.2, -0.15) is 0 Å². The summed E-state index contributed by atoms with van der Waals surface area (Å²) in [5, 5.41) is 4.79. The molecular weight excluding hydrogens is 454 g/mol. The number of rotatable bonds is 5. The molecular formula is C29H27N3O2S. The number of thiophene rings is 1. The molecule has 2 amide bonds. The Labute approximate surface area is 209 Å². The molecule has 2 aliphatic rings. The topological polar surface area (TPSA) is 52.7 Å². The van der Waals surface area contributed by atoms with Gasteiger partial charge in [0.05, 0.1) is 4.88 Å². The fourth-order valence-electron chi connectivity index (χ4n) is 5.03. The van der Waals surface area contributed by atoms with Crippen molar-refractivity contribution in [1.29, 1.82) is 0 Å². The molecule has 0 aliphatic carbocycles. The first-order chi connectivity index (χ1) is 17.1. The summed E-state index contributed by atoms with van der Waals surface area (Å²) in [4.78, 5) is 30.5. The molecule has 35 heavy (non-hydrogen) atoms. The number of carbonyl (C=O) groups is 2. The van der Waals surface area contributed by atoms with Gasteiger partial charge in [0.15, 0.2) is 0 Å². The maximum absolute atomic E-state index is 13.0. The molecule has 5 nitrogen and oxygen atoms in total. The van der Waals surface area contributed by atoms with E-state index in [1.54, 1.807) is 11.3 Å². The number of likely N-dealkylation sites (tertiary alicyclic amines) is 2. The standard InChI is InChI=1S/C29H27N3O2S/c33-28(22-12-10-21(11-13-22)20-6-2-1-3-7-20)32-18-25(19-32)30-24-14-15-31(17-24)29(34)27-16-23-8-4-5-9-26(23)35-27/h1-13,16,24-25,30H,14-15,17-19H2/t24-/m0/s1. The first kappa shape index (κ1) is 22.0. The summed E-state index contributed by atoms with van der Waals surface area (Å²) in [6.45, 7) is 2.91. The molecule has 0 bridgehead atoms. The maximum atomic E-state index is 13.0. The molecule has 4 aromatic rings. The van der Waals surface area contributed by atoms with Gasteiger partial charge in [0.25, 0.3) is 11.8 Å². The van der Waals surface area contributed by atoms with Gasteiger partial charge in [-0.1, -0.05) is 60.7 Å². The third-order valence-corrected chi connectivity index (χ3v) is 8.09. The van der Waals surface area contributed by atoms with Gasteiger partial charge < -0.3 is 15.1 Å². The third-order valence-electron chi connectivity index (χ3n) is 6.99. The fraction of sp³-hybridized carbons (Fsp3) is 0.241. The van der Waals surface area contributed by atoms with Gasteiger partial charge >= 0.3 is 0 Å². The van der Waals surface area contributed by atoms with Crippen LogP contribution >= 0.6 is 11.3 Å². The SMILES string of the molecule is O=C(c1ccc(-c2ccccc2)cc1)N1CC(N[C@H]2CCN(C(=O)c3cc4ccccc4s3)C2)C1. The molecule has 1 N–H and O–H groups in total. The smallest absolute Gasteiger partial charge is 0.264 e. The summed E-state index contributed by atoms with van der Waals surface area (Å²) < 4.78 is 1.15. The quantitative estimate of drug-likeness (QED) is 0.441. The van der Waals surface area contributed by atoms with Gasteiger partial charge in [-0.15, -0.1) is 11.3 Å². The summed E-state index contributed by atoms with van der Waals surface area (Å²) in [6.07, 6.45) is 0.946. The Balaban J connectivity index is 0.997. The molecule has 6 rings (SSSR count). The van der Waals surface area contributed by atoms with Crippen LogP contribution in [0.2, 0.25) is 0 Å². The highest BCUT2D eigenvalue weighted by Crippen LogP contribution is 2.28. The van der Waals surface area contributed by atoms with Gasteiger partial charge in [-0.25, -0.2) is 0 Å². The second-order valence-corrected chi connectivity index (χ2v) is 10.5. The van der Waals surface area contributed by atoms with Crippen LogP contribution in [-0.4, -0.2) is 59.9 Å². The highest BCUT2D eigenvalue weighted by Gasteiger charge is 2.35. The van der Waals surface area contributed by atoms with E-state index in [4.69, 9.17) is 0 Å². The van der Waals surface area contributed by atoms with E-state index in [9.17, 15) is 9.59 Å². The third kappa shape index (κ3) is 4.47. The predicted molar refractivity (Wildman–Crippen MR) is 141 cm³/mol. The van der Waals surface area contributed by atoms with Crippen LogP contribution in [0.1, 0.15) is 26.5 Å². The maximum Gasteiger partial charge on any atom is 0.264 e. The minimum absolute atomic E-state index is 0.0793. The van der Waals surface area contributed by atoms with E-state index in [1.807, 2.05) is 70.5 Å². The van der Waals surface area contributed by atoms with Crippen LogP contribution in [-0.2, 0) is 0 Å². The molecule has 2 aliphatic heterocycles. The zero-order valence-corrected chi connectivity index (χ0v) is 20.2. The van der Waals surface area contributed by atoms with E-state index in [1.165, 1.54) is 0 Å². The summed E-state index contributed by atoms with van der Waals surface area (Å²) in [7, 11) is 0. The van der Waals surface area contributed by atoms with E-state index < -0.39 is 0 Å². The summed E-state index contributed by atoms with van der Waals surface area (Å²) in [5.41, 5.74) is 2.99. The van der Waals surface area contributed by atoms with E-state index in [0.29, 0.717) is 13.1 Å². The lowest BCUT2D eigenvalue weighted by molar-refractivity contribution is 0.0553. The number of hydrogen-bond acceptors (Lipinski definition) is 4. The molecule has 0 saturated carbocycles. The normalized spacial score (nSPS) is 18.1. The average Bonchev–Trinajstić information content (AvgIpc) is 3.53. The van der Waals surface area contributed by atoms with Crippen molar-refractivity contribution in [2.24, 2.45) is 0 Å². The second-order valence-electron chi connectivity index (χ2n) is 9.40. The molecule has 1 atom stereocenters. The van der Waals surface area contributed by atoms with E-state index in [2.05, 4.69) is 29.6 Å². The molecule has 3 heterocycles. The highest BCUT2D eigenvalue weighted by atomic mass is 32.1. The van der Waals surface area contributed by atoms with E-state index in [-0.39, 0.29) is 23.9 Å². The first-order valence-corrected chi connectivity index (χ1v) is 12.9. The van der Waals surface area contributed by atoms with Crippen LogP contribution in [0.25, 0.3) is 21.2 Å². The Morgan fingerprint density at radius 1 is 0.743 bits per heavy atom. The van der Waals surface area contributed by atoms with Crippen molar-refractivity contribution in [2.45, 2.75) is 18.5 Å². The van der Waals surface area contributed by atoms with Gasteiger partial charge in [0, 0.05) is 48.5 Å². The molecule has 0 radical (unpaired) electrons. The summed E-state index contributed by atoms with van der Waals surface area (Å²) in [5.74, 6) is 0.204. The van der Waals surface area contributed by atoms with E-state index in [0.717, 1.165) is 51.2 Å². The van der Waals surface area contributed by atoms with Gasteiger partial charge in [0.2, 0.25) is 0 Å². The second kappa shape index (κ2) is 9.29. The Morgan fingerprint density at radius 3 is 2.20 bits per heavy atom. The Kier molecular flexibility index (Phi) is 5.84. The summed E-state index contributed by atoms with van der Waals surface area (Å²) in [6, 6.07) is 28.7. The van der Waals surface area contributed by atoms with Gasteiger partial charge in [-0.3, -0.25) is 9.59 Å². The molecule has 0 spiro atoms. The van der Waals surface area contributed by atoms with Gasteiger partial charge in [0.1, 0.15) is 0 Å². The van der Waals surface area contributed by atoms with Crippen molar-refractivity contribution in [3.8, 4) is 11.1 Å². The van der Waals surface area contributed by atoms with Crippen LogP contribution in [0.4, 0.5) is 0 Å². The van der Waals surface area contributed by atoms with Crippen molar-refractivity contribution >= 4 is 33.2 Å². The average molecular weight is 482 g/mol. The van der Waals surface area contributed by atoms with Crippen LogP contribution in [0.3, 0.4) is 0 Å². The minimum atomic E-state index is 0.0793. The van der Waals surface area contributed by atoms with Crippen molar-refractivity contribution in [2.75, 3.05) is 26.2 Å². The molecule has 0 unspecified atom stereocenters. The number of carbonyl (C=O) groups excluding carboxylic acids is 2. The predicted octanol–water partition coefficient (Wildman–Crippen LogP) is 4.90. The van der Waals surface area contributed by atoms with Crippen molar-refractivity contribution in [3.05, 3.63) is 95.4 Å². The largest absolute Gasteiger partial charge is 0.336 e. The molecule has 176 valence electrons. The van der Waals surface area contributed by atoms with Crippen molar-refractivity contribution in [3.63, 3.8) is 0 Å². The molecule has 6 heteroatoms. The van der Waals surface area contributed by atoms with Crippen LogP contribution in [0.15, 0.2) is 84.9 Å². The fourth-order valence-corrected chi connectivity index (χ4v) is 6.06. The zero-order valence-electron chi connectivity index (χ0n) is 19.4. The monoisotopic (exact) mass is 481 g/mol. The highest BCUT2D eigenvalue weighted by molar-refractivity contribution is 7.20. The Bertz CT molecular complexity index is 1330. The number of nitrogens with one attached hydrogen (secondary N) is 1. The number of hydrogen-bond donors (Lipinski definition) is 1. The van der Waals surface area contributed by atoms with Crippen LogP contribution < -0.4 is 5.32 Å².